The molecule has 0 amide bonds. The van der Waals surface area contributed by atoms with Crippen LogP contribution in [0.5, 0.6) is 0 Å². The van der Waals surface area contributed by atoms with E-state index in [2.05, 4.69) is 29.8 Å². The molecule has 0 saturated heterocycles. The molecule has 1 aliphatic carbocycles. The van der Waals surface area contributed by atoms with E-state index in [9.17, 15) is 0 Å². The largest absolute Gasteiger partial charge is 0.368 e. The summed E-state index contributed by atoms with van der Waals surface area (Å²) in [5, 5.41) is 0. The molecular weight excluding hydrogens is 222 g/mol. The van der Waals surface area contributed by atoms with Crippen LogP contribution in [0, 0.1) is 6.92 Å². The second-order valence-corrected chi connectivity index (χ2v) is 5.24. The van der Waals surface area contributed by atoms with Crippen LogP contribution in [0.2, 0.25) is 0 Å². The van der Waals surface area contributed by atoms with E-state index in [0.29, 0.717) is 12.6 Å². The summed E-state index contributed by atoms with van der Waals surface area (Å²) in [6.45, 7) is 5.93. The standard InChI is InChI=1S/C15H25N3/c1-3-18(14-7-5-4-6-8-14)15-9-12(2)17-11-13(15)10-16/h9,11,14H,3-8,10,16H2,1-2H3. The number of pyridine rings is 1. The predicted molar refractivity (Wildman–Crippen MR) is 76.8 cm³/mol. The quantitative estimate of drug-likeness (QED) is 0.889. The Hall–Kier alpha value is -1.09. The van der Waals surface area contributed by atoms with Crippen LogP contribution in [0.3, 0.4) is 0 Å². The summed E-state index contributed by atoms with van der Waals surface area (Å²) in [6, 6.07) is 2.89. The number of aryl methyl sites for hydroxylation is 1. The van der Waals surface area contributed by atoms with Gasteiger partial charge in [-0.1, -0.05) is 19.3 Å². The maximum atomic E-state index is 5.86. The topological polar surface area (TPSA) is 42.2 Å². The molecule has 0 radical (unpaired) electrons. The van der Waals surface area contributed by atoms with Crippen molar-refractivity contribution in [3.05, 3.63) is 23.5 Å². The molecule has 1 saturated carbocycles. The van der Waals surface area contributed by atoms with E-state index in [-0.39, 0.29) is 0 Å². The van der Waals surface area contributed by atoms with Crippen molar-refractivity contribution in [2.45, 2.75) is 58.5 Å². The monoisotopic (exact) mass is 247 g/mol. The van der Waals surface area contributed by atoms with E-state index in [1.54, 1.807) is 0 Å². The highest BCUT2D eigenvalue weighted by molar-refractivity contribution is 5.54. The molecule has 1 aliphatic rings. The van der Waals surface area contributed by atoms with Gasteiger partial charge in [-0.2, -0.15) is 0 Å². The third kappa shape index (κ3) is 2.83. The number of nitrogens with zero attached hydrogens (tertiary/aromatic N) is 2. The number of aromatic nitrogens is 1. The zero-order valence-corrected chi connectivity index (χ0v) is 11.7. The third-order valence-electron chi connectivity index (χ3n) is 3.98. The highest BCUT2D eigenvalue weighted by atomic mass is 15.2. The Bertz CT molecular complexity index is 383. The van der Waals surface area contributed by atoms with Crippen LogP contribution < -0.4 is 10.6 Å². The van der Waals surface area contributed by atoms with Crippen LogP contribution in [-0.2, 0) is 6.54 Å². The first-order chi connectivity index (χ1) is 8.76. The lowest BCUT2D eigenvalue weighted by Gasteiger charge is -2.36. The van der Waals surface area contributed by atoms with Gasteiger partial charge in [-0.25, -0.2) is 0 Å². The Labute approximate surface area is 110 Å². The lowest BCUT2D eigenvalue weighted by Crippen LogP contribution is -2.37. The second kappa shape index (κ2) is 6.19. The predicted octanol–water partition coefficient (Wildman–Crippen LogP) is 3.01. The van der Waals surface area contributed by atoms with Crippen LogP contribution in [0.4, 0.5) is 5.69 Å². The molecular formula is C15H25N3. The average molecular weight is 247 g/mol. The van der Waals surface area contributed by atoms with Crippen molar-refractivity contribution in [3.63, 3.8) is 0 Å². The molecule has 3 nitrogen and oxygen atoms in total. The van der Waals surface area contributed by atoms with Gasteiger partial charge in [0.25, 0.3) is 0 Å². The molecule has 1 heterocycles. The van der Waals surface area contributed by atoms with Gasteiger partial charge in [-0.3, -0.25) is 4.98 Å². The van der Waals surface area contributed by atoms with Gasteiger partial charge in [0.2, 0.25) is 0 Å². The number of hydrogen-bond donors (Lipinski definition) is 1. The smallest absolute Gasteiger partial charge is 0.0447 e. The maximum Gasteiger partial charge on any atom is 0.0447 e. The lowest BCUT2D eigenvalue weighted by atomic mass is 9.93. The summed E-state index contributed by atoms with van der Waals surface area (Å²) >= 11 is 0. The van der Waals surface area contributed by atoms with Gasteiger partial charge in [0.1, 0.15) is 0 Å². The van der Waals surface area contributed by atoms with Crippen molar-refractivity contribution in [2.75, 3.05) is 11.4 Å². The third-order valence-corrected chi connectivity index (χ3v) is 3.98. The van der Waals surface area contributed by atoms with E-state index in [1.165, 1.54) is 43.4 Å². The minimum Gasteiger partial charge on any atom is -0.368 e. The molecule has 0 aromatic carbocycles. The summed E-state index contributed by atoms with van der Waals surface area (Å²) in [5.74, 6) is 0. The Morgan fingerprint density at radius 3 is 2.67 bits per heavy atom. The Kier molecular flexibility index (Phi) is 4.59. The van der Waals surface area contributed by atoms with Crippen LogP contribution in [0.1, 0.15) is 50.3 Å². The van der Waals surface area contributed by atoms with E-state index in [0.717, 1.165) is 12.2 Å². The fourth-order valence-electron chi connectivity index (χ4n) is 3.02. The van der Waals surface area contributed by atoms with Crippen molar-refractivity contribution >= 4 is 5.69 Å². The van der Waals surface area contributed by atoms with Crippen LogP contribution in [0.15, 0.2) is 12.3 Å². The molecule has 1 aromatic heterocycles. The lowest BCUT2D eigenvalue weighted by molar-refractivity contribution is 0.417. The van der Waals surface area contributed by atoms with Gasteiger partial charge in [0.05, 0.1) is 0 Å². The second-order valence-electron chi connectivity index (χ2n) is 5.24. The zero-order valence-electron chi connectivity index (χ0n) is 11.7. The highest BCUT2D eigenvalue weighted by Gasteiger charge is 2.22. The summed E-state index contributed by atoms with van der Waals surface area (Å²) in [4.78, 5) is 6.90. The number of anilines is 1. The van der Waals surface area contributed by atoms with Crippen LogP contribution >= 0.6 is 0 Å². The fraction of sp³-hybridized carbons (Fsp3) is 0.667. The number of rotatable bonds is 4. The number of hydrogen-bond acceptors (Lipinski definition) is 3. The van der Waals surface area contributed by atoms with Gasteiger partial charge in [0, 0.05) is 42.3 Å². The van der Waals surface area contributed by atoms with E-state index in [1.807, 2.05) is 6.20 Å². The molecule has 0 unspecified atom stereocenters. The van der Waals surface area contributed by atoms with Crippen molar-refractivity contribution in [3.8, 4) is 0 Å². The molecule has 2 rings (SSSR count). The van der Waals surface area contributed by atoms with Gasteiger partial charge >= 0.3 is 0 Å². The molecule has 1 aromatic rings. The molecule has 0 spiro atoms. The van der Waals surface area contributed by atoms with Crippen molar-refractivity contribution in [1.29, 1.82) is 0 Å². The van der Waals surface area contributed by atoms with Gasteiger partial charge in [-0.15, -0.1) is 0 Å². The first kappa shape index (κ1) is 13.3. The van der Waals surface area contributed by atoms with Crippen molar-refractivity contribution in [2.24, 2.45) is 5.73 Å². The minimum atomic E-state index is 0.575. The molecule has 0 atom stereocenters. The Balaban J connectivity index is 2.27. The van der Waals surface area contributed by atoms with Gasteiger partial charge in [0.15, 0.2) is 0 Å². The van der Waals surface area contributed by atoms with E-state index >= 15 is 0 Å². The first-order valence-electron chi connectivity index (χ1n) is 7.18. The molecule has 18 heavy (non-hydrogen) atoms. The van der Waals surface area contributed by atoms with Crippen LogP contribution in [-0.4, -0.2) is 17.6 Å². The fourth-order valence-corrected chi connectivity index (χ4v) is 3.02. The number of nitrogens with two attached hydrogens (primary N) is 1. The van der Waals surface area contributed by atoms with Gasteiger partial charge < -0.3 is 10.6 Å². The molecule has 100 valence electrons. The van der Waals surface area contributed by atoms with Crippen LogP contribution in [0.25, 0.3) is 0 Å². The molecule has 0 bridgehead atoms. The Morgan fingerprint density at radius 1 is 1.33 bits per heavy atom. The normalized spacial score (nSPS) is 16.8. The van der Waals surface area contributed by atoms with Crippen molar-refractivity contribution in [1.82, 2.24) is 4.98 Å². The molecule has 0 aliphatic heterocycles. The SMILES string of the molecule is CCN(c1cc(C)ncc1CN)C1CCCCC1. The Morgan fingerprint density at radius 2 is 2.06 bits per heavy atom. The van der Waals surface area contributed by atoms with E-state index in [4.69, 9.17) is 5.73 Å². The maximum absolute atomic E-state index is 5.86. The molecule has 3 heteroatoms. The first-order valence-corrected chi connectivity index (χ1v) is 7.18. The van der Waals surface area contributed by atoms with E-state index < -0.39 is 0 Å². The van der Waals surface area contributed by atoms with Gasteiger partial charge in [-0.05, 0) is 32.8 Å². The zero-order chi connectivity index (χ0) is 13.0. The summed E-state index contributed by atoms with van der Waals surface area (Å²) in [6.07, 6.45) is 8.70. The molecule has 2 N–H and O–H groups in total. The average Bonchev–Trinajstić information content (AvgIpc) is 2.41. The highest BCUT2D eigenvalue weighted by Crippen LogP contribution is 2.29. The van der Waals surface area contributed by atoms with Crippen molar-refractivity contribution < 1.29 is 0 Å². The molecule has 1 fully saturated rings. The minimum absolute atomic E-state index is 0.575. The summed E-state index contributed by atoms with van der Waals surface area (Å²) in [7, 11) is 0. The summed E-state index contributed by atoms with van der Waals surface area (Å²) in [5.41, 5.74) is 9.42. The summed E-state index contributed by atoms with van der Waals surface area (Å²) < 4.78 is 0.